The zero-order valence-corrected chi connectivity index (χ0v) is 22.4. The number of unbranched alkanes of at least 4 members (excludes halogenated alkanes) is 15. The third-order valence-electron chi connectivity index (χ3n) is 6.50. The van der Waals surface area contributed by atoms with E-state index >= 15 is 0 Å². The first-order chi connectivity index (χ1) is 15.7. The lowest BCUT2D eigenvalue weighted by molar-refractivity contribution is -0.150. The molecule has 0 aromatic carbocycles. The van der Waals surface area contributed by atoms with Gasteiger partial charge >= 0.3 is 5.97 Å². The van der Waals surface area contributed by atoms with Crippen molar-refractivity contribution in [2.45, 2.75) is 168 Å². The molecule has 0 saturated heterocycles. The van der Waals surface area contributed by atoms with Crippen LogP contribution in [0.3, 0.4) is 0 Å². The highest BCUT2D eigenvalue weighted by atomic mass is 16.5. The number of rotatable bonds is 26. The monoisotopic (exact) mass is 453 g/mol. The Bertz CT molecular complexity index is 356. The van der Waals surface area contributed by atoms with Crippen molar-refractivity contribution in [3.8, 4) is 0 Å². The van der Waals surface area contributed by atoms with Crippen LogP contribution in [0.15, 0.2) is 0 Å². The maximum atomic E-state index is 12.4. The highest BCUT2D eigenvalue weighted by Crippen LogP contribution is 2.18. The van der Waals surface area contributed by atoms with E-state index in [1.165, 1.54) is 109 Å². The minimum Gasteiger partial charge on any atom is -0.462 e. The van der Waals surface area contributed by atoms with E-state index in [1.54, 1.807) is 0 Å². The lowest BCUT2D eigenvalue weighted by Crippen LogP contribution is -2.18. The van der Waals surface area contributed by atoms with Gasteiger partial charge in [-0.2, -0.15) is 0 Å². The summed E-state index contributed by atoms with van der Waals surface area (Å²) in [7, 11) is 0. The molecule has 1 N–H and O–H groups in total. The van der Waals surface area contributed by atoms with Crippen molar-refractivity contribution in [2.24, 2.45) is 0 Å². The van der Waals surface area contributed by atoms with Crippen LogP contribution in [0, 0.1) is 0 Å². The number of hydrogen-bond donors (Lipinski definition) is 1. The predicted molar refractivity (Wildman–Crippen MR) is 141 cm³/mol. The van der Waals surface area contributed by atoms with Gasteiger partial charge in [0.2, 0.25) is 0 Å². The number of carbonyl (C=O) groups is 1. The summed E-state index contributed by atoms with van der Waals surface area (Å²) >= 11 is 0. The number of ether oxygens (including phenoxy) is 1. The molecule has 0 fully saturated rings. The van der Waals surface area contributed by atoms with Gasteiger partial charge in [-0.1, -0.05) is 111 Å². The van der Waals surface area contributed by atoms with Crippen molar-refractivity contribution < 1.29 is 9.53 Å². The smallest absolute Gasteiger partial charge is 0.306 e. The highest BCUT2D eigenvalue weighted by Gasteiger charge is 2.14. The van der Waals surface area contributed by atoms with Gasteiger partial charge in [-0.3, -0.25) is 4.79 Å². The van der Waals surface area contributed by atoms with E-state index in [-0.39, 0.29) is 12.1 Å². The lowest BCUT2D eigenvalue weighted by atomic mass is 10.0. The Morgan fingerprint density at radius 1 is 0.562 bits per heavy atom. The average Bonchev–Trinajstić information content (AvgIpc) is 2.79. The fraction of sp³-hybridized carbons (Fsp3) is 0.966. The van der Waals surface area contributed by atoms with Crippen LogP contribution >= 0.6 is 0 Å². The molecule has 0 aromatic heterocycles. The van der Waals surface area contributed by atoms with Crippen LogP contribution in [-0.2, 0) is 9.53 Å². The van der Waals surface area contributed by atoms with E-state index in [4.69, 9.17) is 4.74 Å². The average molecular weight is 454 g/mol. The van der Waals surface area contributed by atoms with Gasteiger partial charge in [0, 0.05) is 6.42 Å². The summed E-state index contributed by atoms with van der Waals surface area (Å²) in [6.45, 7) is 9.06. The van der Waals surface area contributed by atoms with Gasteiger partial charge in [-0.25, -0.2) is 0 Å². The summed E-state index contributed by atoms with van der Waals surface area (Å²) in [6.07, 6.45) is 27.0. The lowest BCUT2D eigenvalue weighted by Gasteiger charge is -2.18. The second-order valence-corrected chi connectivity index (χ2v) is 9.85. The fourth-order valence-electron chi connectivity index (χ4n) is 4.29. The van der Waals surface area contributed by atoms with E-state index in [2.05, 4.69) is 26.1 Å². The zero-order chi connectivity index (χ0) is 23.5. The Balaban J connectivity index is 3.91. The van der Waals surface area contributed by atoms with Crippen molar-refractivity contribution in [2.75, 3.05) is 13.1 Å². The molecule has 192 valence electrons. The number of nitrogens with one attached hydrogen (secondary N) is 1. The molecule has 3 heteroatoms. The minimum atomic E-state index is 0.0493. The number of esters is 1. The molecule has 0 aliphatic rings. The van der Waals surface area contributed by atoms with Crippen LogP contribution in [-0.4, -0.2) is 25.2 Å². The maximum Gasteiger partial charge on any atom is 0.306 e. The quantitative estimate of drug-likeness (QED) is 0.105. The summed E-state index contributed by atoms with van der Waals surface area (Å²) in [5.41, 5.74) is 0. The normalized spacial score (nSPS) is 11.4. The Morgan fingerprint density at radius 2 is 1.00 bits per heavy atom. The summed E-state index contributed by atoms with van der Waals surface area (Å²) in [5.74, 6) is 0.0493. The molecular formula is C29H59NO2. The zero-order valence-electron chi connectivity index (χ0n) is 22.4. The molecule has 32 heavy (non-hydrogen) atoms. The van der Waals surface area contributed by atoms with Gasteiger partial charge in [0.25, 0.3) is 0 Å². The standard InChI is InChI=1S/C29H59NO2/c1-4-7-10-12-15-19-23-28(24-20-16-13-11-8-5-2)32-29(31)25-21-17-14-18-22-27-30-26-9-6-3/h28,30H,4-27H2,1-3H3. The van der Waals surface area contributed by atoms with Gasteiger partial charge in [0.1, 0.15) is 6.10 Å². The summed E-state index contributed by atoms with van der Waals surface area (Å²) in [6, 6.07) is 0. The van der Waals surface area contributed by atoms with Gasteiger partial charge in [0.05, 0.1) is 0 Å². The topological polar surface area (TPSA) is 38.3 Å². The van der Waals surface area contributed by atoms with Crippen molar-refractivity contribution in [3.63, 3.8) is 0 Å². The van der Waals surface area contributed by atoms with E-state index < -0.39 is 0 Å². The van der Waals surface area contributed by atoms with Gasteiger partial charge in [0.15, 0.2) is 0 Å². The molecule has 0 atom stereocenters. The Labute approximate surface area is 202 Å². The summed E-state index contributed by atoms with van der Waals surface area (Å²) in [5, 5.41) is 3.50. The second kappa shape index (κ2) is 26.7. The molecule has 0 unspecified atom stereocenters. The van der Waals surface area contributed by atoms with Crippen LogP contribution < -0.4 is 5.32 Å². The second-order valence-electron chi connectivity index (χ2n) is 9.85. The summed E-state index contributed by atoms with van der Waals surface area (Å²) < 4.78 is 5.94. The minimum absolute atomic E-state index is 0.0493. The first-order valence-corrected chi connectivity index (χ1v) is 14.6. The molecule has 0 aliphatic heterocycles. The van der Waals surface area contributed by atoms with E-state index in [9.17, 15) is 4.79 Å². The first-order valence-electron chi connectivity index (χ1n) is 14.6. The Hall–Kier alpha value is -0.570. The molecule has 0 heterocycles. The molecule has 0 aromatic rings. The van der Waals surface area contributed by atoms with Crippen LogP contribution in [0.1, 0.15) is 162 Å². The van der Waals surface area contributed by atoms with Gasteiger partial charge in [-0.05, 0) is 58.0 Å². The SMILES string of the molecule is CCCCCCCCC(CCCCCCCC)OC(=O)CCCCCCCNCCCC. The first kappa shape index (κ1) is 31.4. The summed E-state index contributed by atoms with van der Waals surface area (Å²) in [4.78, 5) is 12.4. The van der Waals surface area contributed by atoms with E-state index in [0.29, 0.717) is 6.42 Å². The largest absolute Gasteiger partial charge is 0.462 e. The molecule has 3 nitrogen and oxygen atoms in total. The predicted octanol–water partition coefficient (Wildman–Crippen LogP) is 9.13. The maximum absolute atomic E-state index is 12.4. The highest BCUT2D eigenvalue weighted by molar-refractivity contribution is 5.69. The van der Waals surface area contributed by atoms with Crippen LogP contribution in [0.5, 0.6) is 0 Å². The molecular weight excluding hydrogens is 394 g/mol. The molecule has 0 radical (unpaired) electrons. The molecule has 0 amide bonds. The molecule has 0 saturated carbocycles. The Kier molecular flexibility index (Phi) is 26.2. The number of carbonyl (C=O) groups excluding carboxylic acids is 1. The van der Waals surface area contributed by atoms with E-state index in [1.807, 2.05) is 0 Å². The Morgan fingerprint density at radius 3 is 1.56 bits per heavy atom. The van der Waals surface area contributed by atoms with Gasteiger partial charge < -0.3 is 10.1 Å². The van der Waals surface area contributed by atoms with Crippen LogP contribution in [0.2, 0.25) is 0 Å². The third-order valence-corrected chi connectivity index (χ3v) is 6.50. The fourth-order valence-corrected chi connectivity index (χ4v) is 4.29. The van der Waals surface area contributed by atoms with Crippen molar-refractivity contribution in [1.82, 2.24) is 5.32 Å². The van der Waals surface area contributed by atoms with Crippen LogP contribution in [0.25, 0.3) is 0 Å². The van der Waals surface area contributed by atoms with Gasteiger partial charge in [-0.15, -0.1) is 0 Å². The van der Waals surface area contributed by atoms with Crippen molar-refractivity contribution in [3.05, 3.63) is 0 Å². The molecule has 0 aliphatic carbocycles. The van der Waals surface area contributed by atoms with Crippen LogP contribution in [0.4, 0.5) is 0 Å². The molecule has 0 bridgehead atoms. The van der Waals surface area contributed by atoms with Crippen molar-refractivity contribution in [1.29, 1.82) is 0 Å². The molecule has 0 rings (SSSR count). The molecule has 0 spiro atoms. The third kappa shape index (κ3) is 24.1. The van der Waals surface area contributed by atoms with E-state index in [0.717, 1.165) is 38.8 Å². The number of hydrogen-bond acceptors (Lipinski definition) is 3. The van der Waals surface area contributed by atoms with Crippen molar-refractivity contribution >= 4 is 5.97 Å².